The molecule has 0 aliphatic rings. The molecule has 3 heteroatoms. The highest BCUT2D eigenvalue weighted by Gasteiger charge is 2.19. The van der Waals surface area contributed by atoms with Crippen LogP contribution in [0.15, 0.2) is 52.9 Å². The maximum absolute atomic E-state index is 12.5. The molecule has 3 rings (SSSR count). The van der Waals surface area contributed by atoms with Gasteiger partial charge in [-0.2, -0.15) is 0 Å². The standard InChI is InChI=1S/C19H19NO2/c1-12-9-10-17-16(11-12)13(2)18(22-17)19(21)20-14(3)15-7-5-4-6-8-15/h4-11,14H,1-3H3,(H,20,21)/t14-/m0/s1. The van der Waals surface area contributed by atoms with Crippen LogP contribution in [0.5, 0.6) is 0 Å². The fraction of sp³-hybridized carbons (Fsp3) is 0.211. The summed E-state index contributed by atoms with van der Waals surface area (Å²) in [5.74, 6) is 0.214. The second-order valence-electron chi connectivity index (χ2n) is 5.66. The Hall–Kier alpha value is -2.55. The third kappa shape index (κ3) is 2.62. The van der Waals surface area contributed by atoms with E-state index in [-0.39, 0.29) is 11.9 Å². The second-order valence-corrected chi connectivity index (χ2v) is 5.66. The average molecular weight is 293 g/mol. The van der Waals surface area contributed by atoms with Gasteiger partial charge in [-0.25, -0.2) is 0 Å². The van der Waals surface area contributed by atoms with Gasteiger partial charge in [0.05, 0.1) is 6.04 Å². The number of furan rings is 1. The number of aryl methyl sites for hydroxylation is 2. The molecule has 3 aromatic rings. The Morgan fingerprint density at radius 1 is 1.09 bits per heavy atom. The number of hydrogen-bond acceptors (Lipinski definition) is 2. The fourth-order valence-electron chi connectivity index (χ4n) is 2.64. The zero-order chi connectivity index (χ0) is 15.7. The number of rotatable bonds is 3. The molecule has 0 spiro atoms. The molecule has 2 aromatic carbocycles. The number of fused-ring (bicyclic) bond motifs is 1. The van der Waals surface area contributed by atoms with Gasteiger partial charge in [0.2, 0.25) is 0 Å². The first-order valence-corrected chi connectivity index (χ1v) is 7.42. The molecule has 0 radical (unpaired) electrons. The maximum atomic E-state index is 12.5. The quantitative estimate of drug-likeness (QED) is 0.770. The minimum absolute atomic E-state index is 0.0666. The highest BCUT2D eigenvalue weighted by atomic mass is 16.3. The summed E-state index contributed by atoms with van der Waals surface area (Å²) in [4.78, 5) is 12.5. The summed E-state index contributed by atoms with van der Waals surface area (Å²) in [6, 6.07) is 15.8. The molecule has 0 saturated heterocycles. The molecule has 0 bridgehead atoms. The first kappa shape index (κ1) is 14.4. The summed E-state index contributed by atoms with van der Waals surface area (Å²) in [5, 5.41) is 3.99. The normalized spacial score (nSPS) is 12.3. The second kappa shape index (κ2) is 5.68. The van der Waals surface area contributed by atoms with Crippen molar-refractivity contribution in [1.82, 2.24) is 5.32 Å². The van der Waals surface area contributed by atoms with Gasteiger partial charge in [-0.3, -0.25) is 4.79 Å². The van der Waals surface area contributed by atoms with Crippen molar-refractivity contribution in [3.05, 3.63) is 71.0 Å². The van der Waals surface area contributed by atoms with Gasteiger partial charge >= 0.3 is 0 Å². The van der Waals surface area contributed by atoms with Crippen molar-refractivity contribution in [1.29, 1.82) is 0 Å². The molecule has 3 nitrogen and oxygen atoms in total. The highest BCUT2D eigenvalue weighted by molar-refractivity contribution is 5.99. The van der Waals surface area contributed by atoms with Gasteiger partial charge < -0.3 is 9.73 Å². The highest BCUT2D eigenvalue weighted by Crippen LogP contribution is 2.26. The molecule has 0 saturated carbocycles. The number of hydrogen-bond donors (Lipinski definition) is 1. The Morgan fingerprint density at radius 3 is 2.55 bits per heavy atom. The zero-order valence-corrected chi connectivity index (χ0v) is 13.0. The Bertz CT molecular complexity index is 818. The van der Waals surface area contributed by atoms with Crippen molar-refractivity contribution < 1.29 is 9.21 Å². The molecule has 1 N–H and O–H groups in total. The van der Waals surface area contributed by atoms with E-state index in [1.807, 2.05) is 69.3 Å². The Kier molecular flexibility index (Phi) is 3.72. The number of amides is 1. The van der Waals surface area contributed by atoms with Crippen LogP contribution in [0.25, 0.3) is 11.0 Å². The van der Waals surface area contributed by atoms with Gasteiger partial charge in [0, 0.05) is 10.9 Å². The maximum Gasteiger partial charge on any atom is 0.287 e. The molecule has 0 aliphatic heterocycles. The Balaban J connectivity index is 1.88. The average Bonchev–Trinajstić information content (AvgIpc) is 2.85. The van der Waals surface area contributed by atoms with Crippen molar-refractivity contribution in [2.24, 2.45) is 0 Å². The van der Waals surface area contributed by atoms with E-state index >= 15 is 0 Å². The summed E-state index contributed by atoms with van der Waals surface area (Å²) in [6.45, 7) is 5.92. The van der Waals surface area contributed by atoms with Gasteiger partial charge in [0.25, 0.3) is 5.91 Å². The van der Waals surface area contributed by atoms with Crippen molar-refractivity contribution in [3.63, 3.8) is 0 Å². The van der Waals surface area contributed by atoms with Crippen LogP contribution in [0.3, 0.4) is 0 Å². The Morgan fingerprint density at radius 2 is 1.82 bits per heavy atom. The van der Waals surface area contributed by atoms with E-state index in [0.717, 1.165) is 27.7 Å². The molecular formula is C19H19NO2. The molecule has 1 aromatic heterocycles. The van der Waals surface area contributed by atoms with Crippen LogP contribution in [0.2, 0.25) is 0 Å². The van der Waals surface area contributed by atoms with Crippen molar-refractivity contribution >= 4 is 16.9 Å². The van der Waals surface area contributed by atoms with Crippen LogP contribution in [0.1, 0.15) is 40.2 Å². The molecule has 1 atom stereocenters. The molecule has 0 unspecified atom stereocenters. The van der Waals surface area contributed by atoms with Gasteiger partial charge in [-0.05, 0) is 38.5 Å². The summed E-state index contributed by atoms with van der Waals surface area (Å²) in [6.07, 6.45) is 0. The van der Waals surface area contributed by atoms with Gasteiger partial charge in [0.1, 0.15) is 5.58 Å². The fourth-order valence-corrected chi connectivity index (χ4v) is 2.64. The summed E-state index contributed by atoms with van der Waals surface area (Å²) >= 11 is 0. The van der Waals surface area contributed by atoms with E-state index < -0.39 is 0 Å². The van der Waals surface area contributed by atoms with Gasteiger partial charge in [-0.15, -0.1) is 0 Å². The summed E-state index contributed by atoms with van der Waals surface area (Å²) in [7, 11) is 0. The SMILES string of the molecule is Cc1ccc2oc(C(=O)N[C@@H](C)c3ccccc3)c(C)c2c1. The van der Waals surface area contributed by atoms with Gasteiger partial charge in [-0.1, -0.05) is 42.0 Å². The van der Waals surface area contributed by atoms with Crippen LogP contribution >= 0.6 is 0 Å². The van der Waals surface area contributed by atoms with Crippen LogP contribution in [0, 0.1) is 13.8 Å². The number of carbonyl (C=O) groups excluding carboxylic acids is 1. The van der Waals surface area contributed by atoms with E-state index in [1.165, 1.54) is 0 Å². The lowest BCUT2D eigenvalue weighted by atomic mass is 10.1. The lowest BCUT2D eigenvalue weighted by molar-refractivity contribution is 0.0913. The minimum Gasteiger partial charge on any atom is -0.451 e. The lowest BCUT2D eigenvalue weighted by Gasteiger charge is -2.13. The minimum atomic E-state index is -0.178. The lowest BCUT2D eigenvalue weighted by Crippen LogP contribution is -2.26. The van der Waals surface area contributed by atoms with Gasteiger partial charge in [0.15, 0.2) is 5.76 Å². The molecular weight excluding hydrogens is 274 g/mol. The van der Waals surface area contributed by atoms with Crippen LogP contribution in [-0.4, -0.2) is 5.91 Å². The van der Waals surface area contributed by atoms with Crippen molar-refractivity contribution in [2.45, 2.75) is 26.8 Å². The zero-order valence-electron chi connectivity index (χ0n) is 13.0. The molecule has 1 amide bonds. The molecule has 22 heavy (non-hydrogen) atoms. The monoisotopic (exact) mass is 293 g/mol. The van der Waals surface area contributed by atoms with Crippen LogP contribution < -0.4 is 5.32 Å². The van der Waals surface area contributed by atoms with E-state index in [2.05, 4.69) is 5.32 Å². The topological polar surface area (TPSA) is 42.2 Å². The van der Waals surface area contributed by atoms with Crippen LogP contribution in [-0.2, 0) is 0 Å². The molecule has 0 aliphatic carbocycles. The number of nitrogens with one attached hydrogen (secondary N) is 1. The molecule has 112 valence electrons. The number of carbonyl (C=O) groups is 1. The summed E-state index contributed by atoms with van der Waals surface area (Å²) < 4.78 is 5.74. The first-order chi connectivity index (χ1) is 10.6. The predicted octanol–water partition coefficient (Wildman–Crippen LogP) is 4.54. The van der Waals surface area contributed by atoms with E-state index in [4.69, 9.17) is 4.42 Å². The van der Waals surface area contributed by atoms with Crippen molar-refractivity contribution in [2.75, 3.05) is 0 Å². The number of benzene rings is 2. The smallest absolute Gasteiger partial charge is 0.287 e. The van der Waals surface area contributed by atoms with E-state index in [9.17, 15) is 4.79 Å². The predicted molar refractivity (Wildman–Crippen MR) is 88.0 cm³/mol. The van der Waals surface area contributed by atoms with Crippen LogP contribution in [0.4, 0.5) is 0 Å². The first-order valence-electron chi connectivity index (χ1n) is 7.42. The Labute approximate surface area is 130 Å². The summed E-state index contributed by atoms with van der Waals surface area (Å²) in [5.41, 5.74) is 3.86. The molecule has 1 heterocycles. The third-order valence-corrected chi connectivity index (χ3v) is 3.95. The van der Waals surface area contributed by atoms with E-state index in [1.54, 1.807) is 0 Å². The van der Waals surface area contributed by atoms with E-state index in [0.29, 0.717) is 5.76 Å². The van der Waals surface area contributed by atoms with Crippen molar-refractivity contribution in [3.8, 4) is 0 Å². The largest absolute Gasteiger partial charge is 0.451 e. The molecule has 0 fully saturated rings. The third-order valence-electron chi connectivity index (χ3n) is 3.95.